The van der Waals surface area contributed by atoms with E-state index in [4.69, 9.17) is 4.52 Å². The van der Waals surface area contributed by atoms with Crippen molar-refractivity contribution >= 4 is 11.7 Å². The Labute approximate surface area is 119 Å². The Morgan fingerprint density at radius 3 is 2.76 bits per heavy atom. The van der Waals surface area contributed by atoms with Crippen molar-refractivity contribution in [3.8, 4) is 0 Å². The van der Waals surface area contributed by atoms with Crippen LogP contribution in [0.4, 0.5) is 14.5 Å². The van der Waals surface area contributed by atoms with Crippen LogP contribution in [0.5, 0.6) is 0 Å². The number of anilines is 1. The molecule has 1 N–H and O–H groups in total. The lowest BCUT2D eigenvalue weighted by molar-refractivity contribution is 0.0594. The molecule has 0 bridgehead atoms. The van der Waals surface area contributed by atoms with E-state index in [-0.39, 0.29) is 12.2 Å². The lowest BCUT2D eigenvalue weighted by Gasteiger charge is -2.09. The molecule has 0 unspecified atom stereocenters. The monoisotopic (exact) mass is 297 g/mol. The third kappa shape index (κ3) is 3.33. The number of aryl methyl sites for hydroxylation is 1. The second-order valence-corrected chi connectivity index (χ2v) is 4.19. The maximum absolute atomic E-state index is 13.8. The first-order valence-electron chi connectivity index (χ1n) is 6.12. The molecule has 0 radical (unpaired) electrons. The van der Waals surface area contributed by atoms with Crippen LogP contribution in [-0.4, -0.2) is 29.8 Å². The zero-order chi connectivity index (χ0) is 15.4. The number of nitrogens with one attached hydrogen (secondary N) is 1. The molecule has 0 aliphatic heterocycles. The number of carbonyl (C=O) groups excluding carboxylic acids is 1. The van der Waals surface area contributed by atoms with E-state index in [0.29, 0.717) is 18.1 Å². The average molecular weight is 297 g/mol. The Kier molecular flexibility index (Phi) is 4.46. The average Bonchev–Trinajstić information content (AvgIpc) is 2.88. The molecule has 0 aliphatic carbocycles. The number of halogens is 2. The van der Waals surface area contributed by atoms with Crippen molar-refractivity contribution in [3.05, 3.63) is 41.0 Å². The number of benzene rings is 1. The SMILES string of the molecule is COC(=O)c1ccc(NCCc2noc(C)n2)c(F)c1F. The second kappa shape index (κ2) is 6.29. The number of ether oxygens (including phenoxy) is 1. The van der Waals surface area contributed by atoms with Crippen molar-refractivity contribution < 1.29 is 22.8 Å². The van der Waals surface area contributed by atoms with Crippen LogP contribution in [0.1, 0.15) is 22.1 Å². The minimum Gasteiger partial charge on any atom is -0.465 e. The van der Waals surface area contributed by atoms with Crippen molar-refractivity contribution in [1.82, 2.24) is 10.1 Å². The molecule has 21 heavy (non-hydrogen) atoms. The van der Waals surface area contributed by atoms with Gasteiger partial charge < -0.3 is 14.6 Å². The van der Waals surface area contributed by atoms with Gasteiger partial charge in [-0.2, -0.15) is 4.98 Å². The summed E-state index contributed by atoms with van der Waals surface area (Å²) in [5.41, 5.74) is -0.505. The van der Waals surface area contributed by atoms with Crippen molar-refractivity contribution in [2.45, 2.75) is 13.3 Å². The van der Waals surface area contributed by atoms with Gasteiger partial charge in [0, 0.05) is 19.9 Å². The number of hydrogen-bond donors (Lipinski definition) is 1. The molecule has 1 aromatic heterocycles. The van der Waals surface area contributed by atoms with Crippen molar-refractivity contribution in [1.29, 1.82) is 0 Å². The lowest BCUT2D eigenvalue weighted by atomic mass is 10.1. The molecule has 0 fully saturated rings. The fraction of sp³-hybridized carbons (Fsp3) is 0.308. The topological polar surface area (TPSA) is 77.2 Å². The van der Waals surface area contributed by atoms with Crippen molar-refractivity contribution in [2.24, 2.45) is 0 Å². The molecule has 0 atom stereocenters. The molecule has 0 saturated carbocycles. The number of aromatic nitrogens is 2. The van der Waals surface area contributed by atoms with Crippen molar-refractivity contribution in [3.63, 3.8) is 0 Å². The Bertz CT molecular complexity index is 658. The molecule has 1 aromatic carbocycles. The first kappa shape index (κ1) is 14.9. The molecular formula is C13H13F2N3O3. The van der Waals surface area contributed by atoms with E-state index in [0.717, 1.165) is 13.2 Å². The normalized spacial score (nSPS) is 10.5. The van der Waals surface area contributed by atoms with E-state index in [2.05, 4.69) is 20.2 Å². The number of carbonyl (C=O) groups is 1. The first-order chi connectivity index (χ1) is 10.0. The maximum Gasteiger partial charge on any atom is 0.340 e. The van der Waals surface area contributed by atoms with Gasteiger partial charge in [0.1, 0.15) is 0 Å². The summed E-state index contributed by atoms with van der Waals surface area (Å²) in [5, 5.41) is 6.39. The van der Waals surface area contributed by atoms with E-state index in [1.165, 1.54) is 6.07 Å². The zero-order valence-electron chi connectivity index (χ0n) is 11.4. The summed E-state index contributed by atoms with van der Waals surface area (Å²) in [5.74, 6) is -2.42. The van der Waals surface area contributed by atoms with Crippen molar-refractivity contribution in [2.75, 3.05) is 19.0 Å². The predicted octanol–water partition coefficient (Wildman–Crippen LogP) is 2.10. The van der Waals surface area contributed by atoms with Gasteiger partial charge in [-0.3, -0.25) is 0 Å². The van der Waals surface area contributed by atoms with Gasteiger partial charge in [0.15, 0.2) is 17.5 Å². The van der Waals surface area contributed by atoms with Gasteiger partial charge in [0.05, 0.1) is 18.4 Å². The fourth-order valence-electron chi connectivity index (χ4n) is 1.71. The summed E-state index contributed by atoms with van der Waals surface area (Å²) in [6.07, 6.45) is 0.386. The van der Waals surface area contributed by atoms with Crippen LogP contribution < -0.4 is 5.32 Å². The van der Waals surface area contributed by atoms with Crippen LogP contribution >= 0.6 is 0 Å². The van der Waals surface area contributed by atoms with Crippen LogP contribution in [0, 0.1) is 18.6 Å². The lowest BCUT2D eigenvalue weighted by Crippen LogP contribution is -2.11. The Hall–Kier alpha value is -2.51. The second-order valence-electron chi connectivity index (χ2n) is 4.19. The summed E-state index contributed by atoms with van der Waals surface area (Å²) in [4.78, 5) is 15.2. The molecule has 0 saturated heterocycles. The number of methoxy groups -OCH3 is 1. The summed E-state index contributed by atoms with van der Waals surface area (Å²) >= 11 is 0. The molecule has 1 heterocycles. The minimum atomic E-state index is -1.25. The highest BCUT2D eigenvalue weighted by Crippen LogP contribution is 2.21. The molecule has 8 heteroatoms. The molecule has 2 rings (SSSR count). The number of rotatable bonds is 5. The third-order valence-corrected chi connectivity index (χ3v) is 2.72. The molecule has 0 spiro atoms. The van der Waals surface area contributed by atoms with Crippen LogP contribution in [0.25, 0.3) is 0 Å². The highest BCUT2D eigenvalue weighted by molar-refractivity contribution is 5.90. The van der Waals surface area contributed by atoms with Gasteiger partial charge in [-0.1, -0.05) is 5.16 Å². The zero-order valence-corrected chi connectivity index (χ0v) is 11.4. The Morgan fingerprint density at radius 2 is 2.14 bits per heavy atom. The van der Waals surface area contributed by atoms with Gasteiger partial charge in [0.25, 0.3) is 0 Å². The maximum atomic E-state index is 13.8. The van der Waals surface area contributed by atoms with Gasteiger partial charge in [-0.15, -0.1) is 0 Å². The molecule has 112 valence electrons. The van der Waals surface area contributed by atoms with Crippen LogP contribution in [0.3, 0.4) is 0 Å². The summed E-state index contributed by atoms with van der Waals surface area (Å²) in [6.45, 7) is 1.94. The largest absolute Gasteiger partial charge is 0.465 e. The predicted molar refractivity (Wildman–Crippen MR) is 68.9 cm³/mol. The summed E-state index contributed by atoms with van der Waals surface area (Å²) in [7, 11) is 1.10. The van der Waals surface area contributed by atoms with Crippen LogP contribution in [0.15, 0.2) is 16.7 Å². The van der Waals surface area contributed by atoms with E-state index in [9.17, 15) is 13.6 Å². The minimum absolute atomic E-state index is 0.0552. The van der Waals surface area contributed by atoms with Gasteiger partial charge in [-0.25, -0.2) is 13.6 Å². The smallest absolute Gasteiger partial charge is 0.340 e. The molecule has 2 aromatic rings. The Balaban J connectivity index is 2.04. The number of hydrogen-bond acceptors (Lipinski definition) is 6. The standard InChI is InChI=1S/C13H13F2N3O3/c1-7-17-10(18-21-7)5-6-16-9-4-3-8(13(19)20-2)11(14)12(9)15/h3-4,16H,5-6H2,1-2H3. The quantitative estimate of drug-likeness (QED) is 0.852. The van der Waals surface area contributed by atoms with E-state index in [1.807, 2.05) is 0 Å². The highest BCUT2D eigenvalue weighted by atomic mass is 19.2. The van der Waals surface area contributed by atoms with Gasteiger partial charge >= 0.3 is 5.97 Å². The molecule has 0 aliphatic rings. The number of nitrogens with zero attached hydrogens (tertiary/aromatic N) is 2. The third-order valence-electron chi connectivity index (χ3n) is 2.72. The molecular weight excluding hydrogens is 284 g/mol. The van der Waals surface area contributed by atoms with Crippen LogP contribution in [0.2, 0.25) is 0 Å². The first-order valence-corrected chi connectivity index (χ1v) is 6.12. The highest BCUT2D eigenvalue weighted by Gasteiger charge is 2.18. The van der Waals surface area contributed by atoms with E-state index >= 15 is 0 Å². The number of esters is 1. The Morgan fingerprint density at radius 1 is 1.38 bits per heavy atom. The molecule has 6 nitrogen and oxygen atoms in total. The molecule has 0 amide bonds. The van der Waals surface area contributed by atoms with Gasteiger partial charge in [-0.05, 0) is 12.1 Å². The summed E-state index contributed by atoms with van der Waals surface area (Å²) in [6, 6.07) is 2.43. The fourth-order valence-corrected chi connectivity index (χ4v) is 1.71. The van der Waals surface area contributed by atoms with E-state index in [1.54, 1.807) is 6.92 Å². The van der Waals surface area contributed by atoms with Crippen LogP contribution in [-0.2, 0) is 11.2 Å². The van der Waals surface area contributed by atoms with Gasteiger partial charge in [0.2, 0.25) is 5.89 Å². The summed E-state index contributed by atoms with van der Waals surface area (Å²) < 4.78 is 36.6. The van der Waals surface area contributed by atoms with E-state index < -0.39 is 23.2 Å².